The van der Waals surface area contributed by atoms with Gasteiger partial charge in [0, 0.05) is 12.2 Å². The summed E-state index contributed by atoms with van der Waals surface area (Å²) < 4.78 is 0. The first kappa shape index (κ1) is 8.96. The second-order valence-electron chi connectivity index (χ2n) is 2.18. The Morgan fingerprint density at radius 2 is 2.00 bits per heavy atom. The van der Waals surface area contributed by atoms with Gasteiger partial charge < -0.3 is 4.81 Å². The largest absolute Gasteiger partial charge is 0.325 e. The molecule has 2 aliphatic heterocycles. The fraction of sp³-hybridized carbons (Fsp3) is 0.333. The highest BCUT2D eigenvalue weighted by atomic mass is 17.2. The van der Waals surface area contributed by atoms with E-state index in [-0.39, 0.29) is 11.8 Å². The van der Waals surface area contributed by atoms with E-state index in [1.807, 2.05) is 5.32 Å². The molecule has 1 saturated heterocycles. The minimum atomic E-state index is -0.329. The standard InChI is InChI=1S/C4H3NO2.C2H5BO2/c6-3-1-2-4(7)5-3;1-2-4-5-3-1/h1-2H,(H,5,6,7);3H,1-2H2. The van der Waals surface area contributed by atoms with Crippen LogP contribution in [0, 0.1) is 0 Å². The molecule has 5 nitrogen and oxygen atoms in total. The average Bonchev–Trinajstić information content (AvgIpc) is 2.63. The van der Waals surface area contributed by atoms with Crippen molar-refractivity contribution in [2.45, 2.75) is 6.32 Å². The predicted molar refractivity (Wildman–Crippen MR) is 41.3 cm³/mol. The molecule has 0 aromatic heterocycles. The number of rotatable bonds is 0. The smallest absolute Gasteiger partial charge is 0.310 e. The van der Waals surface area contributed by atoms with Crippen molar-refractivity contribution in [2.75, 3.05) is 6.61 Å². The first-order valence-electron chi connectivity index (χ1n) is 3.56. The molecule has 0 spiro atoms. The third kappa shape index (κ3) is 3.31. The van der Waals surface area contributed by atoms with Crippen molar-refractivity contribution in [3.63, 3.8) is 0 Å². The summed E-state index contributed by atoms with van der Waals surface area (Å²) in [5, 5.41) is 2.03. The first-order chi connectivity index (χ1) is 5.79. The normalized spacial score (nSPS) is 19.7. The van der Waals surface area contributed by atoms with Crippen LogP contribution in [0.4, 0.5) is 0 Å². The number of hydrogen-bond acceptors (Lipinski definition) is 4. The third-order valence-electron chi connectivity index (χ3n) is 1.17. The van der Waals surface area contributed by atoms with Crippen molar-refractivity contribution < 1.29 is 19.3 Å². The maximum atomic E-state index is 10.0. The van der Waals surface area contributed by atoms with Gasteiger partial charge in [-0.25, -0.2) is 0 Å². The maximum Gasteiger partial charge on any atom is 0.325 e. The predicted octanol–water partition coefficient (Wildman–Crippen LogP) is -1.08. The van der Waals surface area contributed by atoms with Crippen molar-refractivity contribution in [1.82, 2.24) is 5.32 Å². The summed E-state index contributed by atoms with van der Waals surface area (Å²) in [6.07, 6.45) is 3.45. The Morgan fingerprint density at radius 1 is 1.33 bits per heavy atom. The lowest BCUT2D eigenvalue weighted by Crippen LogP contribution is -2.19. The van der Waals surface area contributed by atoms with Crippen molar-refractivity contribution in [3.8, 4) is 0 Å². The Morgan fingerprint density at radius 3 is 2.17 bits per heavy atom. The molecule has 64 valence electrons. The second-order valence-corrected chi connectivity index (χ2v) is 2.18. The Kier molecular flexibility index (Phi) is 3.50. The van der Waals surface area contributed by atoms with E-state index >= 15 is 0 Å². The van der Waals surface area contributed by atoms with Gasteiger partial charge in [-0.15, -0.1) is 0 Å². The minimum Gasteiger partial charge on any atom is -0.310 e. The zero-order valence-corrected chi connectivity index (χ0v) is 6.41. The first-order valence-corrected chi connectivity index (χ1v) is 3.56. The zero-order chi connectivity index (χ0) is 8.81. The van der Waals surface area contributed by atoms with Crippen LogP contribution in [0.1, 0.15) is 0 Å². The van der Waals surface area contributed by atoms with E-state index in [2.05, 4.69) is 9.69 Å². The highest BCUT2D eigenvalue weighted by molar-refractivity contribution is 6.27. The van der Waals surface area contributed by atoms with Gasteiger partial charge in [0.2, 0.25) is 0 Å². The summed E-state index contributed by atoms with van der Waals surface area (Å²) >= 11 is 0. The number of imide groups is 1. The molecule has 0 aliphatic carbocycles. The van der Waals surface area contributed by atoms with Crippen molar-refractivity contribution in [1.29, 1.82) is 0 Å². The van der Waals surface area contributed by atoms with Crippen LogP contribution in [0.5, 0.6) is 0 Å². The Labute approximate surface area is 69.9 Å². The van der Waals surface area contributed by atoms with Crippen LogP contribution in [0.15, 0.2) is 12.2 Å². The summed E-state index contributed by atoms with van der Waals surface area (Å²) in [7, 11) is 0.778. The number of carbonyl (C=O) groups is 2. The van der Waals surface area contributed by atoms with Gasteiger partial charge in [-0.05, 0) is 6.32 Å². The molecule has 2 aliphatic rings. The van der Waals surface area contributed by atoms with E-state index in [0.29, 0.717) is 0 Å². The van der Waals surface area contributed by atoms with E-state index in [1.165, 1.54) is 12.2 Å². The van der Waals surface area contributed by atoms with Crippen molar-refractivity contribution in [2.24, 2.45) is 0 Å². The SMILES string of the molecule is B1CCOO1.O=C1C=CC(=O)N1. The van der Waals surface area contributed by atoms with E-state index in [0.717, 1.165) is 20.4 Å². The molecule has 1 fully saturated rings. The van der Waals surface area contributed by atoms with Crippen LogP contribution >= 0.6 is 0 Å². The average molecular weight is 169 g/mol. The molecule has 0 aromatic carbocycles. The van der Waals surface area contributed by atoms with Gasteiger partial charge in [0.05, 0.1) is 6.61 Å². The van der Waals surface area contributed by atoms with Crippen LogP contribution in [-0.4, -0.2) is 25.9 Å². The quantitative estimate of drug-likeness (QED) is 0.284. The minimum absolute atomic E-state index is 0.329. The second kappa shape index (κ2) is 4.68. The topological polar surface area (TPSA) is 64.6 Å². The molecule has 0 bridgehead atoms. The molecule has 0 unspecified atom stereocenters. The van der Waals surface area contributed by atoms with Gasteiger partial charge in [-0.1, -0.05) is 0 Å². The van der Waals surface area contributed by atoms with Crippen LogP contribution in [0.3, 0.4) is 0 Å². The van der Waals surface area contributed by atoms with Crippen molar-refractivity contribution >= 4 is 19.3 Å². The lowest BCUT2D eigenvalue weighted by atomic mass is 9.99. The Hall–Kier alpha value is -1.14. The molecule has 2 rings (SSSR count). The van der Waals surface area contributed by atoms with Gasteiger partial charge in [0.15, 0.2) is 0 Å². The van der Waals surface area contributed by atoms with Crippen LogP contribution in [-0.2, 0) is 19.3 Å². The van der Waals surface area contributed by atoms with E-state index in [1.54, 1.807) is 0 Å². The number of nitrogens with one attached hydrogen (secondary N) is 1. The highest BCUT2D eigenvalue weighted by Gasteiger charge is 2.06. The van der Waals surface area contributed by atoms with Gasteiger partial charge >= 0.3 is 7.48 Å². The van der Waals surface area contributed by atoms with E-state index in [9.17, 15) is 9.59 Å². The molecule has 6 heteroatoms. The molecule has 0 atom stereocenters. The molecule has 0 saturated carbocycles. The molecule has 1 N–H and O–H groups in total. The number of amides is 2. The Bertz CT molecular complexity index is 188. The summed E-state index contributed by atoms with van der Waals surface area (Å²) in [5.41, 5.74) is 0. The number of carbonyl (C=O) groups excluding carboxylic acids is 2. The third-order valence-corrected chi connectivity index (χ3v) is 1.17. The molecular formula is C6H8BNO4. The molecule has 2 heterocycles. The molecule has 0 aromatic rings. The van der Waals surface area contributed by atoms with E-state index in [4.69, 9.17) is 0 Å². The number of hydrogen-bond donors (Lipinski definition) is 1. The van der Waals surface area contributed by atoms with Gasteiger partial charge in [-0.2, -0.15) is 0 Å². The summed E-state index contributed by atoms with van der Waals surface area (Å²) in [6, 6.07) is 0. The molecule has 0 radical (unpaired) electrons. The lowest BCUT2D eigenvalue weighted by Gasteiger charge is -1.80. The van der Waals surface area contributed by atoms with Gasteiger partial charge in [0.1, 0.15) is 0 Å². The monoisotopic (exact) mass is 169 g/mol. The molecule has 2 amide bonds. The van der Waals surface area contributed by atoms with Gasteiger partial charge in [0.25, 0.3) is 11.8 Å². The maximum absolute atomic E-state index is 10.0. The summed E-state index contributed by atoms with van der Waals surface area (Å²) in [5.74, 6) is -0.657. The van der Waals surface area contributed by atoms with Gasteiger partial charge in [-0.3, -0.25) is 19.8 Å². The summed E-state index contributed by atoms with van der Waals surface area (Å²) in [6.45, 7) is 0.778. The fourth-order valence-electron chi connectivity index (χ4n) is 0.651. The van der Waals surface area contributed by atoms with E-state index < -0.39 is 0 Å². The highest BCUT2D eigenvalue weighted by Crippen LogP contribution is 1.91. The van der Waals surface area contributed by atoms with Crippen LogP contribution in [0.25, 0.3) is 0 Å². The zero-order valence-electron chi connectivity index (χ0n) is 6.41. The van der Waals surface area contributed by atoms with Crippen LogP contribution < -0.4 is 5.32 Å². The molecular weight excluding hydrogens is 161 g/mol. The Balaban J connectivity index is 0.000000127. The molecule has 12 heavy (non-hydrogen) atoms. The fourth-order valence-corrected chi connectivity index (χ4v) is 0.651. The summed E-state index contributed by atoms with van der Waals surface area (Å²) in [4.78, 5) is 29.0. The lowest BCUT2D eigenvalue weighted by molar-refractivity contribution is -0.181. The van der Waals surface area contributed by atoms with Crippen LogP contribution in [0.2, 0.25) is 6.32 Å². The van der Waals surface area contributed by atoms with Crippen molar-refractivity contribution in [3.05, 3.63) is 12.2 Å².